The van der Waals surface area contributed by atoms with Gasteiger partial charge in [0.1, 0.15) is 0 Å². The molecule has 1 saturated carbocycles. The Bertz CT molecular complexity index is 270. The van der Waals surface area contributed by atoms with Crippen molar-refractivity contribution >= 4 is 5.91 Å². The maximum atomic E-state index is 12.0. The molecule has 0 aromatic heterocycles. The SMILES string of the molecule is CC(C)(C)NCCC(=O)N1CC2CCC1C2. The summed E-state index contributed by atoms with van der Waals surface area (Å²) in [5, 5.41) is 3.37. The van der Waals surface area contributed by atoms with E-state index >= 15 is 0 Å². The van der Waals surface area contributed by atoms with Gasteiger partial charge in [-0.2, -0.15) is 0 Å². The first kappa shape index (κ1) is 11.9. The predicted octanol–water partition coefficient (Wildman–Crippen LogP) is 1.78. The van der Waals surface area contributed by atoms with Gasteiger partial charge in [0.05, 0.1) is 0 Å². The van der Waals surface area contributed by atoms with Crippen LogP contribution in [0, 0.1) is 5.92 Å². The molecule has 1 saturated heterocycles. The molecule has 1 N–H and O–H groups in total. The van der Waals surface area contributed by atoms with Crippen LogP contribution in [0.25, 0.3) is 0 Å². The Morgan fingerprint density at radius 1 is 1.38 bits per heavy atom. The van der Waals surface area contributed by atoms with Crippen LogP contribution in [0.3, 0.4) is 0 Å². The van der Waals surface area contributed by atoms with Crippen LogP contribution in [0.1, 0.15) is 46.5 Å². The third-order valence-electron chi connectivity index (χ3n) is 3.72. The average Bonchev–Trinajstić information content (AvgIpc) is 2.76. The highest BCUT2D eigenvalue weighted by molar-refractivity contribution is 5.77. The van der Waals surface area contributed by atoms with Crippen molar-refractivity contribution in [3.63, 3.8) is 0 Å². The van der Waals surface area contributed by atoms with E-state index in [0.29, 0.717) is 18.4 Å². The van der Waals surface area contributed by atoms with E-state index < -0.39 is 0 Å². The maximum absolute atomic E-state index is 12.0. The van der Waals surface area contributed by atoms with Gasteiger partial charge in [0.15, 0.2) is 0 Å². The van der Waals surface area contributed by atoms with E-state index in [-0.39, 0.29) is 5.54 Å². The molecule has 2 rings (SSSR count). The van der Waals surface area contributed by atoms with Gasteiger partial charge in [-0.05, 0) is 46.0 Å². The van der Waals surface area contributed by atoms with Crippen LogP contribution >= 0.6 is 0 Å². The third kappa shape index (κ3) is 2.76. The predicted molar refractivity (Wildman–Crippen MR) is 65.2 cm³/mol. The van der Waals surface area contributed by atoms with Crippen molar-refractivity contribution in [1.29, 1.82) is 0 Å². The van der Waals surface area contributed by atoms with Gasteiger partial charge in [-0.25, -0.2) is 0 Å². The van der Waals surface area contributed by atoms with E-state index in [1.54, 1.807) is 0 Å². The number of piperidine rings is 1. The maximum Gasteiger partial charge on any atom is 0.224 e. The van der Waals surface area contributed by atoms with Crippen molar-refractivity contribution < 1.29 is 4.79 Å². The first-order valence-electron chi connectivity index (χ1n) is 6.50. The second-order valence-corrected chi connectivity index (χ2v) is 6.31. The number of nitrogens with one attached hydrogen (secondary N) is 1. The lowest BCUT2D eigenvalue weighted by Gasteiger charge is -2.28. The fraction of sp³-hybridized carbons (Fsp3) is 0.923. The highest BCUT2D eigenvalue weighted by atomic mass is 16.2. The summed E-state index contributed by atoms with van der Waals surface area (Å²) in [5.74, 6) is 1.16. The van der Waals surface area contributed by atoms with Crippen LogP contribution in [-0.2, 0) is 4.79 Å². The largest absolute Gasteiger partial charge is 0.339 e. The summed E-state index contributed by atoms with van der Waals surface area (Å²) in [5.41, 5.74) is 0.115. The number of likely N-dealkylation sites (tertiary alicyclic amines) is 1. The monoisotopic (exact) mass is 224 g/mol. The minimum absolute atomic E-state index is 0.115. The number of carbonyl (C=O) groups is 1. The van der Waals surface area contributed by atoms with Crippen LogP contribution in [0.2, 0.25) is 0 Å². The van der Waals surface area contributed by atoms with Crippen LogP contribution in [0.15, 0.2) is 0 Å². The summed E-state index contributed by atoms with van der Waals surface area (Å²) in [6, 6.07) is 0.576. The number of rotatable bonds is 3. The fourth-order valence-electron chi connectivity index (χ4n) is 2.92. The molecule has 2 atom stereocenters. The Morgan fingerprint density at radius 3 is 2.62 bits per heavy atom. The van der Waals surface area contributed by atoms with Gasteiger partial charge < -0.3 is 10.2 Å². The minimum atomic E-state index is 0.115. The van der Waals surface area contributed by atoms with E-state index in [2.05, 4.69) is 31.0 Å². The van der Waals surface area contributed by atoms with Crippen molar-refractivity contribution in [2.24, 2.45) is 5.92 Å². The Hall–Kier alpha value is -0.570. The minimum Gasteiger partial charge on any atom is -0.339 e. The average molecular weight is 224 g/mol. The van der Waals surface area contributed by atoms with Gasteiger partial charge in [-0.1, -0.05) is 0 Å². The van der Waals surface area contributed by atoms with Gasteiger partial charge in [0, 0.05) is 31.1 Å². The van der Waals surface area contributed by atoms with Crippen LogP contribution in [-0.4, -0.2) is 35.5 Å². The lowest BCUT2D eigenvalue weighted by atomic mass is 10.1. The summed E-state index contributed by atoms with van der Waals surface area (Å²) >= 11 is 0. The number of hydrogen-bond donors (Lipinski definition) is 1. The molecule has 2 bridgehead atoms. The first-order chi connectivity index (χ1) is 7.46. The quantitative estimate of drug-likeness (QED) is 0.792. The smallest absolute Gasteiger partial charge is 0.224 e. The molecule has 1 amide bonds. The van der Waals surface area contributed by atoms with Crippen molar-refractivity contribution in [2.75, 3.05) is 13.1 Å². The topological polar surface area (TPSA) is 32.3 Å². The molecular formula is C13H24N2O. The second kappa shape index (κ2) is 4.36. The Kier molecular flexibility index (Phi) is 3.24. The van der Waals surface area contributed by atoms with Gasteiger partial charge in [0.2, 0.25) is 5.91 Å². The Labute approximate surface area is 98.6 Å². The number of amides is 1. The van der Waals surface area contributed by atoms with Crippen molar-refractivity contribution in [3.8, 4) is 0 Å². The third-order valence-corrected chi connectivity index (χ3v) is 3.72. The zero-order valence-electron chi connectivity index (χ0n) is 10.8. The van der Waals surface area contributed by atoms with E-state index in [1.807, 2.05) is 0 Å². The second-order valence-electron chi connectivity index (χ2n) is 6.31. The number of fused-ring (bicyclic) bond motifs is 2. The van der Waals surface area contributed by atoms with Crippen molar-refractivity contribution in [1.82, 2.24) is 10.2 Å². The summed E-state index contributed by atoms with van der Waals surface area (Å²) in [7, 11) is 0. The summed E-state index contributed by atoms with van der Waals surface area (Å²) in [4.78, 5) is 14.1. The molecule has 1 heterocycles. The van der Waals surface area contributed by atoms with E-state index in [1.165, 1.54) is 19.3 Å². The standard InChI is InChI=1S/C13H24N2O/c1-13(2,3)14-7-6-12(16)15-9-10-4-5-11(15)8-10/h10-11,14H,4-9H2,1-3H3. The molecule has 3 nitrogen and oxygen atoms in total. The Morgan fingerprint density at radius 2 is 2.12 bits per heavy atom. The van der Waals surface area contributed by atoms with Crippen molar-refractivity contribution in [2.45, 2.75) is 58.0 Å². The highest BCUT2D eigenvalue weighted by Gasteiger charge is 2.39. The molecule has 16 heavy (non-hydrogen) atoms. The van der Waals surface area contributed by atoms with Crippen LogP contribution < -0.4 is 5.32 Å². The van der Waals surface area contributed by atoms with E-state index in [0.717, 1.165) is 19.0 Å². The first-order valence-corrected chi connectivity index (χ1v) is 6.50. The van der Waals surface area contributed by atoms with E-state index in [4.69, 9.17) is 0 Å². The van der Waals surface area contributed by atoms with E-state index in [9.17, 15) is 4.79 Å². The molecule has 1 aliphatic carbocycles. The summed E-state index contributed by atoms with van der Waals surface area (Å²) in [6.45, 7) is 8.23. The number of nitrogens with zero attached hydrogens (tertiary/aromatic N) is 1. The fourth-order valence-corrected chi connectivity index (χ4v) is 2.92. The van der Waals surface area contributed by atoms with Crippen molar-refractivity contribution in [3.05, 3.63) is 0 Å². The molecule has 2 unspecified atom stereocenters. The molecule has 3 heteroatoms. The molecule has 2 aliphatic rings. The molecule has 0 aromatic carbocycles. The summed E-state index contributed by atoms with van der Waals surface area (Å²) in [6.07, 6.45) is 4.50. The molecule has 92 valence electrons. The van der Waals surface area contributed by atoms with Gasteiger partial charge in [-0.15, -0.1) is 0 Å². The highest BCUT2D eigenvalue weighted by Crippen LogP contribution is 2.37. The summed E-state index contributed by atoms with van der Waals surface area (Å²) < 4.78 is 0. The number of hydrogen-bond acceptors (Lipinski definition) is 2. The molecular weight excluding hydrogens is 200 g/mol. The molecule has 0 radical (unpaired) electrons. The molecule has 2 fully saturated rings. The van der Waals surface area contributed by atoms with Crippen LogP contribution in [0.5, 0.6) is 0 Å². The molecule has 1 aliphatic heterocycles. The zero-order chi connectivity index (χ0) is 11.8. The lowest BCUT2D eigenvalue weighted by molar-refractivity contribution is -0.132. The van der Waals surface area contributed by atoms with Gasteiger partial charge in [0.25, 0.3) is 0 Å². The van der Waals surface area contributed by atoms with Crippen LogP contribution in [0.4, 0.5) is 0 Å². The molecule has 0 spiro atoms. The normalized spacial score (nSPS) is 28.8. The molecule has 0 aromatic rings. The van der Waals surface area contributed by atoms with Gasteiger partial charge in [-0.3, -0.25) is 4.79 Å². The lowest BCUT2D eigenvalue weighted by Crippen LogP contribution is -2.41. The zero-order valence-corrected chi connectivity index (χ0v) is 10.8. The Balaban J connectivity index is 1.73. The van der Waals surface area contributed by atoms with Gasteiger partial charge >= 0.3 is 0 Å². The number of carbonyl (C=O) groups excluding carboxylic acids is 1.